The number of nitrogens with one attached hydrogen (secondary N) is 1. The van der Waals surface area contributed by atoms with Crippen molar-refractivity contribution in [3.63, 3.8) is 0 Å². The molecule has 1 N–H and O–H groups in total. The van der Waals surface area contributed by atoms with Gasteiger partial charge in [0.1, 0.15) is 6.04 Å². The number of hydrogen-bond acceptors (Lipinski definition) is 4. The molecule has 4 nitrogen and oxygen atoms in total. The molecule has 114 valence electrons. The lowest BCUT2D eigenvalue weighted by Crippen LogP contribution is -2.49. The van der Waals surface area contributed by atoms with E-state index in [9.17, 15) is 9.59 Å². The first kappa shape index (κ1) is 15.2. The monoisotopic (exact) mass is 344 g/mol. The lowest BCUT2D eigenvalue weighted by molar-refractivity contribution is -0.143. The molecule has 0 unspecified atom stereocenters. The van der Waals surface area contributed by atoms with Crippen LogP contribution in [0.1, 0.15) is 24.1 Å². The number of carbonyl (C=O) groups excluding carboxylic acids is 2. The molecule has 1 aliphatic carbocycles. The second kappa shape index (κ2) is 6.58. The molecule has 1 aliphatic heterocycles. The quantitative estimate of drug-likeness (QED) is 0.913. The van der Waals surface area contributed by atoms with Crippen LogP contribution in [0.2, 0.25) is 4.34 Å². The molecule has 2 amide bonds. The van der Waals surface area contributed by atoms with Crippen LogP contribution >= 0.6 is 34.7 Å². The fourth-order valence-corrected chi connectivity index (χ4v) is 4.70. The van der Waals surface area contributed by atoms with Crippen molar-refractivity contribution in [2.24, 2.45) is 5.92 Å². The third kappa shape index (κ3) is 3.38. The molecule has 1 aromatic rings. The van der Waals surface area contributed by atoms with E-state index >= 15 is 0 Å². The van der Waals surface area contributed by atoms with Gasteiger partial charge in [-0.15, -0.1) is 23.1 Å². The fraction of sp³-hybridized carbons (Fsp3) is 0.571. The maximum atomic E-state index is 12.3. The van der Waals surface area contributed by atoms with Crippen LogP contribution < -0.4 is 5.32 Å². The summed E-state index contributed by atoms with van der Waals surface area (Å²) in [5.41, 5.74) is 0. The van der Waals surface area contributed by atoms with Crippen molar-refractivity contribution in [1.82, 2.24) is 10.2 Å². The van der Waals surface area contributed by atoms with Crippen LogP contribution in [0, 0.1) is 5.92 Å². The maximum Gasteiger partial charge on any atom is 0.243 e. The number of rotatable bonds is 4. The minimum atomic E-state index is -0.321. The molecule has 3 rings (SSSR count). The van der Waals surface area contributed by atoms with Crippen LogP contribution in [0.15, 0.2) is 12.1 Å². The summed E-state index contributed by atoms with van der Waals surface area (Å²) >= 11 is 8.99. The van der Waals surface area contributed by atoms with Crippen LogP contribution in [0.3, 0.4) is 0 Å². The van der Waals surface area contributed by atoms with Crippen LogP contribution in [0.5, 0.6) is 0 Å². The van der Waals surface area contributed by atoms with E-state index in [0.717, 1.165) is 28.5 Å². The largest absolute Gasteiger partial charge is 0.349 e. The van der Waals surface area contributed by atoms with Crippen molar-refractivity contribution < 1.29 is 9.59 Å². The van der Waals surface area contributed by atoms with Gasteiger partial charge in [-0.25, -0.2) is 0 Å². The molecule has 0 bridgehead atoms. The van der Waals surface area contributed by atoms with Crippen molar-refractivity contribution in [3.05, 3.63) is 21.3 Å². The van der Waals surface area contributed by atoms with E-state index in [4.69, 9.17) is 11.6 Å². The molecule has 7 heteroatoms. The van der Waals surface area contributed by atoms with Crippen molar-refractivity contribution in [2.45, 2.75) is 31.8 Å². The molecule has 2 heterocycles. The Hall–Kier alpha value is -0.720. The Labute approximate surface area is 137 Å². The minimum Gasteiger partial charge on any atom is -0.349 e. The lowest BCUT2D eigenvalue weighted by Gasteiger charge is -2.31. The number of hydrogen-bond donors (Lipinski definition) is 1. The van der Waals surface area contributed by atoms with Gasteiger partial charge in [-0.2, -0.15) is 0 Å². The van der Waals surface area contributed by atoms with Gasteiger partial charge in [0.15, 0.2) is 0 Å². The summed E-state index contributed by atoms with van der Waals surface area (Å²) in [6.07, 6.45) is 3.08. The predicted molar refractivity (Wildman–Crippen MR) is 86.5 cm³/mol. The summed E-state index contributed by atoms with van der Waals surface area (Å²) in [5, 5.41) is 2.92. The summed E-state index contributed by atoms with van der Waals surface area (Å²) in [4.78, 5) is 27.4. The highest BCUT2D eigenvalue weighted by Crippen LogP contribution is 2.32. The number of halogens is 1. The first-order chi connectivity index (χ1) is 10.1. The summed E-state index contributed by atoms with van der Waals surface area (Å²) in [6.45, 7) is 0.475. The van der Waals surface area contributed by atoms with E-state index < -0.39 is 0 Å². The van der Waals surface area contributed by atoms with Crippen molar-refractivity contribution in [3.8, 4) is 0 Å². The van der Waals surface area contributed by atoms with Gasteiger partial charge in [0, 0.05) is 16.5 Å². The molecule has 0 spiro atoms. The smallest absolute Gasteiger partial charge is 0.243 e. The Balaban J connectivity index is 1.56. The third-order valence-corrected chi connectivity index (χ3v) is 6.23. The number of carbonyl (C=O) groups is 2. The Morgan fingerprint density at radius 3 is 2.81 bits per heavy atom. The molecule has 2 fully saturated rings. The van der Waals surface area contributed by atoms with E-state index in [-0.39, 0.29) is 23.8 Å². The normalized spacial score (nSPS) is 22.1. The van der Waals surface area contributed by atoms with E-state index in [1.807, 2.05) is 12.1 Å². The average molecular weight is 345 g/mol. The minimum absolute atomic E-state index is 0.0582. The van der Waals surface area contributed by atoms with Crippen LogP contribution in [0.25, 0.3) is 0 Å². The van der Waals surface area contributed by atoms with Crippen molar-refractivity contribution >= 4 is 46.5 Å². The molecule has 2 aliphatic rings. The van der Waals surface area contributed by atoms with Gasteiger partial charge in [-0.05, 0) is 25.0 Å². The summed E-state index contributed by atoms with van der Waals surface area (Å²) in [7, 11) is 0. The first-order valence-corrected chi connectivity index (χ1v) is 9.40. The highest BCUT2D eigenvalue weighted by Gasteiger charge is 2.39. The second-order valence-corrected chi connectivity index (χ2v) is 8.17. The van der Waals surface area contributed by atoms with Gasteiger partial charge in [0.2, 0.25) is 11.8 Å². The highest BCUT2D eigenvalue weighted by molar-refractivity contribution is 7.99. The standard InChI is InChI=1S/C14H17ClN2O2S2/c15-12-5-4-10(21-12)6-16-13(18)11-7-20-8-17(11)14(19)9-2-1-3-9/h4-5,9,11H,1-3,6-8H2,(H,16,18)/t11-/m0/s1. The van der Waals surface area contributed by atoms with Gasteiger partial charge >= 0.3 is 0 Å². The number of thioether (sulfide) groups is 1. The van der Waals surface area contributed by atoms with Crippen LogP contribution in [-0.2, 0) is 16.1 Å². The molecule has 1 saturated carbocycles. The van der Waals surface area contributed by atoms with Crippen LogP contribution in [0.4, 0.5) is 0 Å². The summed E-state index contributed by atoms with van der Waals surface area (Å²) in [5.74, 6) is 1.58. The Morgan fingerprint density at radius 2 is 2.19 bits per heavy atom. The van der Waals surface area contributed by atoms with Gasteiger partial charge in [-0.1, -0.05) is 18.0 Å². The Kier molecular flexibility index (Phi) is 4.76. The predicted octanol–water partition coefficient (Wildman–Crippen LogP) is 2.72. The zero-order valence-electron chi connectivity index (χ0n) is 11.5. The average Bonchev–Trinajstić information content (AvgIpc) is 3.02. The van der Waals surface area contributed by atoms with E-state index in [0.29, 0.717) is 18.2 Å². The highest BCUT2D eigenvalue weighted by atomic mass is 35.5. The molecular weight excluding hydrogens is 328 g/mol. The SMILES string of the molecule is O=C(NCc1ccc(Cl)s1)[C@@H]1CSCN1C(=O)C1CCC1. The fourth-order valence-electron chi connectivity index (χ4n) is 2.51. The zero-order chi connectivity index (χ0) is 14.8. The van der Waals surface area contributed by atoms with Gasteiger partial charge in [0.25, 0.3) is 0 Å². The maximum absolute atomic E-state index is 12.3. The molecule has 0 radical (unpaired) electrons. The molecular formula is C14H17ClN2O2S2. The van der Waals surface area contributed by atoms with Gasteiger partial charge in [0.05, 0.1) is 16.8 Å². The number of nitrogens with zero attached hydrogens (tertiary/aromatic N) is 1. The molecule has 1 saturated heterocycles. The molecule has 0 aromatic carbocycles. The van der Waals surface area contributed by atoms with E-state index in [1.54, 1.807) is 16.7 Å². The van der Waals surface area contributed by atoms with Gasteiger partial charge in [-0.3, -0.25) is 9.59 Å². The van der Waals surface area contributed by atoms with Gasteiger partial charge < -0.3 is 10.2 Å². The Bertz CT molecular complexity index is 545. The van der Waals surface area contributed by atoms with E-state index in [1.165, 1.54) is 11.3 Å². The summed E-state index contributed by atoms with van der Waals surface area (Å²) in [6, 6.07) is 3.41. The first-order valence-electron chi connectivity index (χ1n) is 7.05. The Morgan fingerprint density at radius 1 is 1.38 bits per heavy atom. The van der Waals surface area contributed by atoms with Crippen molar-refractivity contribution in [1.29, 1.82) is 0 Å². The number of thiophene rings is 1. The van der Waals surface area contributed by atoms with Crippen molar-refractivity contribution in [2.75, 3.05) is 11.6 Å². The molecule has 21 heavy (non-hydrogen) atoms. The second-order valence-electron chi connectivity index (χ2n) is 5.38. The topological polar surface area (TPSA) is 49.4 Å². The molecule has 1 atom stereocenters. The number of amides is 2. The zero-order valence-corrected chi connectivity index (χ0v) is 13.9. The lowest BCUT2D eigenvalue weighted by atomic mass is 9.84. The van der Waals surface area contributed by atoms with E-state index in [2.05, 4.69) is 5.32 Å². The molecule has 1 aromatic heterocycles. The summed E-state index contributed by atoms with van der Waals surface area (Å²) < 4.78 is 0.720. The van der Waals surface area contributed by atoms with Crippen LogP contribution in [-0.4, -0.2) is 34.4 Å². The third-order valence-electron chi connectivity index (χ3n) is 3.99.